The van der Waals surface area contributed by atoms with E-state index in [9.17, 15) is 19.8 Å². The number of hydrogen-bond donors (Lipinski definition) is 2. The lowest BCUT2D eigenvalue weighted by Gasteiger charge is -2.22. The number of rotatable bonds is 5. The van der Waals surface area contributed by atoms with Crippen LogP contribution >= 0.6 is 0 Å². The molecule has 8 rings (SSSR count). The molecule has 8 aromatic carbocycles. The maximum Gasteiger partial charge on any atom is 0.335 e. The first-order chi connectivity index (χ1) is 22.5. The SMILES string of the molecule is O=C(O)c1ccc(-c2c3ccccc3c(-c3c4ccccc4c(-c4ccc(C(=O)O)cc4)c4ccccc34)c3ccccc23)cc1. The van der Waals surface area contributed by atoms with E-state index in [1.807, 2.05) is 24.3 Å². The van der Waals surface area contributed by atoms with E-state index >= 15 is 0 Å². The molecular formula is C42H26O4. The highest BCUT2D eigenvalue weighted by molar-refractivity contribution is 6.30. The molecule has 0 spiro atoms. The van der Waals surface area contributed by atoms with Crippen LogP contribution in [0, 0.1) is 0 Å². The molecule has 218 valence electrons. The molecule has 0 heterocycles. The Morgan fingerprint density at radius 1 is 0.304 bits per heavy atom. The van der Waals surface area contributed by atoms with Crippen molar-refractivity contribution in [3.63, 3.8) is 0 Å². The van der Waals surface area contributed by atoms with Gasteiger partial charge in [0.05, 0.1) is 11.1 Å². The van der Waals surface area contributed by atoms with E-state index < -0.39 is 11.9 Å². The van der Waals surface area contributed by atoms with Crippen molar-refractivity contribution in [2.45, 2.75) is 0 Å². The van der Waals surface area contributed by atoms with Crippen LogP contribution in [0.3, 0.4) is 0 Å². The van der Waals surface area contributed by atoms with Crippen LogP contribution in [-0.2, 0) is 0 Å². The first-order valence-electron chi connectivity index (χ1n) is 15.1. The van der Waals surface area contributed by atoms with Gasteiger partial charge in [0, 0.05) is 0 Å². The average molecular weight is 595 g/mol. The monoisotopic (exact) mass is 594 g/mol. The number of carboxylic acid groups (broad SMARTS) is 2. The molecule has 0 aliphatic carbocycles. The van der Waals surface area contributed by atoms with Crippen LogP contribution in [0.15, 0.2) is 146 Å². The molecule has 0 atom stereocenters. The van der Waals surface area contributed by atoms with Crippen molar-refractivity contribution in [2.75, 3.05) is 0 Å². The van der Waals surface area contributed by atoms with Gasteiger partial charge in [-0.25, -0.2) is 9.59 Å². The predicted octanol–water partition coefficient (Wildman–Crippen LogP) is 10.7. The van der Waals surface area contributed by atoms with Gasteiger partial charge in [0.2, 0.25) is 0 Å². The minimum absolute atomic E-state index is 0.254. The van der Waals surface area contributed by atoms with Gasteiger partial charge in [0.1, 0.15) is 0 Å². The molecule has 0 aliphatic heterocycles. The van der Waals surface area contributed by atoms with Crippen molar-refractivity contribution in [1.29, 1.82) is 0 Å². The smallest absolute Gasteiger partial charge is 0.335 e. The zero-order valence-electron chi connectivity index (χ0n) is 24.6. The fourth-order valence-electron chi connectivity index (χ4n) is 6.98. The van der Waals surface area contributed by atoms with E-state index in [0.717, 1.165) is 76.5 Å². The summed E-state index contributed by atoms with van der Waals surface area (Å²) in [6, 6.07) is 48.0. The molecule has 8 aromatic rings. The minimum atomic E-state index is -0.948. The third-order valence-electron chi connectivity index (χ3n) is 8.95. The van der Waals surface area contributed by atoms with Gasteiger partial charge < -0.3 is 10.2 Å². The molecule has 0 unspecified atom stereocenters. The Balaban J connectivity index is 1.52. The Bertz CT molecular complexity index is 2220. The molecule has 4 nitrogen and oxygen atoms in total. The standard InChI is InChI=1S/C42H26O4/c43-41(44)27-21-17-25(18-22-27)37-29-9-1-5-13-33(29)39(34-14-6-2-10-30(34)37)40-35-15-7-3-11-31(35)38(32-12-4-8-16-36(32)40)26-19-23-28(24-20-26)42(45)46/h1-24H,(H,43,44)(H,45,46). The van der Waals surface area contributed by atoms with E-state index in [1.54, 1.807) is 24.3 Å². The number of carboxylic acids is 2. The fraction of sp³-hybridized carbons (Fsp3) is 0. The van der Waals surface area contributed by atoms with Crippen LogP contribution in [0.4, 0.5) is 0 Å². The van der Waals surface area contributed by atoms with Crippen LogP contribution < -0.4 is 0 Å². The highest BCUT2D eigenvalue weighted by Gasteiger charge is 2.22. The van der Waals surface area contributed by atoms with Crippen LogP contribution in [-0.4, -0.2) is 22.2 Å². The highest BCUT2D eigenvalue weighted by Crippen LogP contribution is 2.49. The van der Waals surface area contributed by atoms with Crippen molar-refractivity contribution < 1.29 is 19.8 Å². The first kappa shape index (κ1) is 27.3. The number of fused-ring (bicyclic) bond motifs is 4. The predicted molar refractivity (Wildman–Crippen MR) is 187 cm³/mol. The lowest BCUT2D eigenvalue weighted by molar-refractivity contribution is 0.0686. The summed E-state index contributed by atoms with van der Waals surface area (Å²) in [4.78, 5) is 23.2. The molecule has 0 aliphatic rings. The molecule has 0 amide bonds. The Morgan fingerprint density at radius 2 is 0.522 bits per heavy atom. The summed E-state index contributed by atoms with van der Waals surface area (Å²) in [6.45, 7) is 0. The zero-order valence-corrected chi connectivity index (χ0v) is 24.6. The second-order valence-electron chi connectivity index (χ2n) is 11.4. The lowest BCUT2D eigenvalue weighted by Crippen LogP contribution is -1.97. The number of benzene rings is 8. The van der Waals surface area contributed by atoms with E-state index in [2.05, 4.69) is 97.1 Å². The molecule has 0 saturated heterocycles. The van der Waals surface area contributed by atoms with Crippen molar-refractivity contribution >= 4 is 55.0 Å². The molecule has 46 heavy (non-hydrogen) atoms. The van der Waals surface area contributed by atoms with E-state index in [1.165, 1.54) is 0 Å². The van der Waals surface area contributed by atoms with Gasteiger partial charge in [0.25, 0.3) is 0 Å². The Kier molecular flexibility index (Phi) is 6.36. The summed E-state index contributed by atoms with van der Waals surface area (Å²) in [5, 5.41) is 27.8. The second kappa shape index (κ2) is 10.7. The molecule has 0 saturated carbocycles. The minimum Gasteiger partial charge on any atom is -0.478 e. The molecular weight excluding hydrogens is 568 g/mol. The highest BCUT2D eigenvalue weighted by atomic mass is 16.4. The normalized spacial score (nSPS) is 11.4. The summed E-state index contributed by atoms with van der Waals surface area (Å²) in [7, 11) is 0. The quantitative estimate of drug-likeness (QED) is 0.194. The van der Waals surface area contributed by atoms with Crippen LogP contribution in [0.5, 0.6) is 0 Å². The summed E-state index contributed by atoms with van der Waals surface area (Å²) < 4.78 is 0. The molecule has 0 bridgehead atoms. The van der Waals surface area contributed by atoms with Crippen molar-refractivity contribution in [3.05, 3.63) is 157 Å². The Labute approximate surface area is 264 Å². The molecule has 4 heteroatoms. The van der Waals surface area contributed by atoms with E-state index in [0.29, 0.717) is 0 Å². The summed E-state index contributed by atoms with van der Waals surface area (Å²) >= 11 is 0. The largest absolute Gasteiger partial charge is 0.478 e. The van der Waals surface area contributed by atoms with Gasteiger partial charge in [-0.1, -0.05) is 121 Å². The van der Waals surface area contributed by atoms with Crippen LogP contribution in [0.25, 0.3) is 76.5 Å². The number of aromatic carboxylic acids is 2. The van der Waals surface area contributed by atoms with E-state index in [4.69, 9.17) is 0 Å². The van der Waals surface area contributed by atoms with Crippen molar-refractivity contribution in [2.24, 2.45) is 0 Å². The Morgan fingerprint density at radius 3 is 0.739 bits per heavy atom. The van der Waals surface area contributed by atoms with E-state index in [-0.39, 0.29) is 11.1 Å². The van der Waals surface area contributed by atoms with Gasteiger partial charge in [-0.2, -0.15) is 0 Å². The number of hydrogen-bond acceptors (Lipinski definition) is 2. The van der Waals surface area contributed by atoms with Gasteiger partial charge in [0.15, 0.2) is 0 Å². The Hall–Kier alpha value is -6.26. The molecule has 0 aromatic heterocycles. The summed E-state index contributed by atoms with van der Waals surface area (Å²) in [5.74, 6) is -1.90. The average Bonchev–Trinajstić information content (AvgIpc) is 3.10. The van der Waals surface area contributed by atoms with Gasteiger partial charge in [-0.15, -0.1) is 0 Å². The lowest BCUT2D eigenvalue weighted by atomic mass is 9.81. The molecule has 0 radical (unpaired) electrons. The third kappa shape index (κ3) is 4.23. The summed E-state index contributed by atoms with van der Waals surface area (Å²) in [6.07, 6.45) is 0. The maximum atomic E-state index is 11.6. The maximum absolute atomic E-state index is 11.6. The van der Waals surface area contributed by atoms with Crippen molar-refractivity contribution in [1.82, 2.24) is 0 Å². The van der Waals surface area contributed by atoms with Gasteiger partial charge in [-0.3, -0.25) is 0 Å². The zero-order chi connectivity index (χ0) is 31.4. The topological polar surface area (TPSA) is 74.6 Å². The van der Waals surface area contributed by atoms with Crippen LogP contribution in [0.1, 0.15) is 20.7 Å². The number of carbonyl (C=O) groups is 2. The van der Waals surface area contributed by atoms with Crippen molar-refractivity contribution in [3.8, 4) is 33.4 Å². The first-order valence-corrected chi connectivity index (χ1v) is 15.1. The summed E-state index contributed by atoms with van der Waals surface area (Å²) in [5.41, 5.74) is 6.83. The van der Waals surface area contributed by atoms with Gasteiger partial charge >= 0.3 is 11.9 Å². The third-order valence-corrected chi connectivity index (χ3v) is 8.95. The van der Waals surface area contributed by atoms with Gasteiger partial charge in [-0.05, 0) is 101 Å². The molecule has 0 fully saturated rings. The second-order valence-corrected chi connectivity index (χ2v) is 11.4. The van der Waals surface area contributed by atoms with Crippen LogP contribution in [0.2, 0.25) is 0 Å². The molecule has 2 N–H and O–H groups in total. The fourth-order valence-corrected chi connectivity index (χ4v) is 6.98.